The van der Waals surface area contributed by atoms with Gasteiger partial charge in [0.25, 0.3) is 5.91 Å². The van der Waals surface area contributed by atoms with Crippen LogP contribution in [0.15, 0.2) is 64.4 Å². The van der Waals surface area contributed by atoms with Gasteiger partial charge in [-0.15, -0.1) is 5.10 Å². The Bertz CT molecular complexity index is 1820. The highest BCUT2D eigenvalue weighted by molar-refractivity contribution is 7.91. The summed E-state index contributed by atoms with van der Waals surface area (Å²) < 4.78 is 65.3. The lowest BCUT2D eigenvalue weighted by Crippen LogP contribution is -2.27. The molecule has 1 unspecified atom stereocenters. The molecular formula is C31H35F2N5O6S. The van der Waals surface area contributed by atoms with Gasteiger partial charge in [0.15, 0.2) is 5.82 Å². The Kier molecular flexibility index (Phi) is 10.2. The molecule has 240 valence electrons. The second-order valence-corrected chi connectivity index (χ2v) is 12.8. The predicted molar refractivity (Wildman–Crippen MR) is 166 cm³/mol. The molecule has 2 atom stereocenters. The molecule has 1 aromatic heterocycles. The Hall–Kier alpha value is -4.40. The molecule has 0 spiro atoms. The van der Waals surface area contributed by atoms with Crippen LogP contribution in [-0.2, 0) is 25.7 Å². The Balaban J connectivity index is 1.78. The van der Waals surface area contributed by atoms with Crippen molar-refractivity contribution in [1.82, 2.24) is 14.7 Å². The number of hydrogen-bond donors (Lipinski definition) is 2. The van der Waals surface area contributed by atoms with Crippen molar-refractivity contribution >= 4 is 44.2 Å². The number of ether oxygens (including phenoxy) is 2. The molecule has 0 saturated carbocycles. The van der Waals surface area contributed by atoms with Crippen LogP contribution in [0.3, 0.4) is 0 Å². The number of hydrogen-bond acceptors (Lipinski definition) is 9. The van der Waals surface area contributed by atoms with Gasteiger partial charge >= 0.3 is 6.09 Å². The van der Waals surface area contributed by atoms with Gasteiger partial charge in [-0.25, -0.2) is 22.0 Å². The van der Waals surface area contributed by atoms with E-state index in [2.05, 4.69) is 27.6 Å². The van der Waals surface area contributed by atoms with Crippen molar-refractivity contribution in [2.45, 2.75) is 42.1 Å². The number of aromatic nitrogens is 2. The molecule has 0 aliphatic carbocycles. The van der Waals surface area contributed by atoms with Crippen LogP contribution in [0.1, 0.15) is 29.8 Å². The van der Waals surface area contributed by atoms with E-state index >= 15 is 0 Å². The van der Waals surface area contributed by atoms with Gasteiger partial charge in [0.2, 0.25) is 9.84 Å². The predicted octanol–water partition coefficient (Wildman–Crippen LogP) is 4.95. The molecule has 0 bridgehead atoms. The average Bonchev–Trinajstić information content (AvgIpc) is 3.33. The number of sulfone groups is 1. The number of benzene rings is 3. The van der Waals surface area contributed by atoms with Crippen molar-refractivity contribution in [3.63, 3.8) is 0 Å². The molecule has 2 N–H and O–H groups in total. The van der Waals surface area contributed by atoms with Crippen LogP contribution < -0.4 is 10.6 Å². The van der Waals surface area contributed by atoms with Gasteiger partial charge < -0.3 is 25.0 Å². The monoisotopic (exact) mass is 643 g/mol. The molecule has 0 radical (unpaired) electrons. The van der Waals surface area contributed by atoms with Crippen LogP contribution in [0.5, 0.6) is 0 Å². The topological polar surface area (TPSA) is 132 Å². The van der Waals surface area contributed by atoms with E-state index in [0.29, 0.717) is 30.5 Å². The summed E-state index contributed by atoms with van der Waals surface area (Å²) in [5.41, 5.74) is 1.91. The zero-order chi connectivity index (χ0) is 33.1. The summed E-state index contributed by atoms with van der Waals surface area (Å²) in [7, 11) is 2.27. The first-order valence-corrected chi connectivity index (χ1v) is 15.4. The Labute approximate surface area is 260 Å². The number of likely N-dealkylation sites (N-methyl/N-ethyl adjacent to an activating group) is 1. The maximum absolute atomic E-state index is 13.9. The van der Waals surface area contributed by atoms with Crippen molar-refractivity contribution in [1.29, 1.82) is 0 Å². The van der Waals surface area contributed by atoms with Crippen LogP contribution in [-0.4, -0.2) is 82.1 Å². The first-order valence-electron chi connectivity index (χ1n) is 13.9. The summed E-state index contributed by atoms with van der Waals surface area (Å²) in [6.07, 6.45) is -0.165. The fourth-order valence-electron chi connectivity index (χ4n) is 4.69. The van der Waals surface area contributed by atoms with Gasteiger partial charge in [-0.05, 0) is 82.4 Å². The summed E-state index contributed by atoms with van der Waals surface area (Å²) in [4.78, 5) is 27.4. The Morgan fingerprint density at radius 2 is 1.67 bits per heavy atom. The van der Waals surface area contributed by atoms with Crippen LogP contribution >= 0.6 is 0 Å². The minimum Gasteiger partial charge on any atom is -0.451 e. The van der Waals surface area contributed by atoms with Crippen molar-refractivity contribution < 1.29 is 36.3 Å². The molecule has 1 heterocycles. The molecule has 0 aliphatic heterocycles. The normalized spacial score (nSPS) is 13.1. The zero-order valence-corrected chi connectivity index (χ0v) is 26.5. The number of nitrogens with one attached hydrogen (secondary N) is 2. The van der Waals surface area contributed by atoms with E-state index < -0.39 is 38.4 Å². The van der Waals surface area contributed by atoms with Crippen LogP contribution in [0.25, 0.3) is 10.9 Å². The number of amides is 1. The number of rotatable bonds is 11. The zero-order valence-electron chi connectivity index (χ0n) is 25.7. The van der Waals surface area contributed by atoms with E-state index in [4.69, 9.17) is 9.47 Å². The number of halogens is 2. The first-order chi connectivity index (χ1) is 21.2. The summed E-state index contributed by atoms with van der Waals surface area (Å²) >= 11 is 0. The summed E-state index contributed by atoms with van der Waals surface area (Å²) in [5, 5.41) is 10.3. The van der Waals surface area contributed by atoms with Crippen molar-refractivity contribution in [3.05, 3.63) is 77.4 Å². The summed E-state index contributed by atoms with van der Waals surface area (Å²) in [6, 6.07) is 11.1. The summed E-state index contributed by atoms with van der Waals surface area (Å²) in [6.45, 7) is 4.36. The van der Waals surface area contributed by atoms with Gasteiger partial charge in [-0.1, -0.05) is 6.07 Å². The molecule has 45 heavy (non-hydrogen) atoms. The number of carbonyl (C=O) groups excluding carboxylic acids is 2. The highest BCUT2D eigenvalue weighted by atomic mass is 32.2. The molecule has 3 aromatic carbocycles. The maximum Gasteiger partial charge on any atom is 0.435 e. The number of carbonyl (C=O) groups is 2. The second kappa shape index (κ2) is 13.7. The molecule has 4 rings (SSSR count). The van der Waals surface area contributed by atoms with Crippen molar-refractivity contribution in [3.8, 4) is 0 Å². The molecular weight excluding hydrogens is 608 g/mol. The van der Waals surface area contributed by atoms with Gasteiger partial charge in [-0.3, -0.25) is 4.79 Å². The number of nitrogens with zero attached hydrogens (tertiary/aromatic N) is 3. The second-order valence-electron chi connectivity index (χ2n) is 10.9. The standard InChI is InChI=1S/C31H35F2N5O6S/c1-18(17-43-5)34-27-12-20(11-19(2)37(3)4)7-9-25(27)30(39)35-29-26-16-23(8-10-28(26)38(36-29)31(40)44-6)45(41,42)24-14-21(32)13-22(33)15-24/h7-10,12-16,18-19,34H,11,17H2,1-6H3,(H,35,36,39)/t18?,19-/m0/s1. The molecule has 0 aliphatic rings. The lowest BCUT2D eigenvalue weighted by atomic mass is 10.0. The minimum atomic E-state index is -4.41. The Morgan fingerprint density at radius 3 is 2.29 bits per heavy atom. The third-order valence-electron chi connectivity index (χ3n) is 7.25. The highest BCUT2D eigenvalue weighted by Crippen LogP contribution is 2.31. The van der Waals surface area contributed by atoms with Crippen molar-refractivity contribution in [2.24, 2.45) is 0 Å². The van der Waals surface area contributed by atoms with E-state index in [9.17, 15) is 26.8 Å². The molecule has 0 fully saturated rings. The smallest absolute Gasteiger partial charge is 0.435 e. The molecule has 11 nitrogen and oxygen atoms in total. The fraction of sp³-hybridized carbons (Fsp3) is 0.323. The van der Waals surface area contributed by atoms with Crippen molar-refractivity contribution in [2.75, 3.05) is 45.6 Å². The number of methoxy groups -OCH3 is 2. The molecule has 4 aromatic rings. The van der Waals surface area contributed by atoms with Crippen LogP contribution in [0.4, 0.5) is 25.1 Å². The number of anilines is 2. The van der Waals surface area contributed by atoms with E-state index in [1.165, 1.54) is 18.2 Å². The number of fused-ring (bicyclic) bond motifs is 1. The van der Waals surface area contributed by atoms with Crippen LogP contribution in [0, 0.1) is 11.6 Å². The van der Waals surface area contributed by atoms with Gasteiger partial charge in [0.05, 0.1) is 34.6 Å². The van der Waals surface area contributed by atoms with E-state index in [-0.39, 0.29) is 39.3 Å². The van der Waals surface area contributed by atoms with Gasteiger partial charge in [0.1, 0.15) is 11.6 Å². The highest BCUT2D eigenvalue weighted by Gasteiger charge is 2.25. The first kappa shape index (κ1) is 33.5. The molecule has 0 saturated heterocycles. The lowest BCUT2D eigenvalue weighted by Gasteiger charge is -2.22. The van der Waals surface area contributed by atoms with E-state index in [1.54, 1.807) is 13.2 Å². The van der Waals surface area contributed by atoms with E-state index in [0.717, 1.165) is 23.8 Å². The summed E-state index contributed by atoms with van der Waals surface area (Å²) in [5.74, 6) is -2.85. The Morgan fingerprint density at radius 1 is 0.978 bits per heavy atom. The quantitative estimate of drug-likeness (QED) is 0.233. The molecule has 14 heteroatoms. The van der Waals surface area contributed by atoms with Crippen LogP contribution in [0.2, 0.25) is 0 Å². The lowest BCUT2D eigenvalue weighted by molar-refractivity contribution is 0.102. The minimum absolute atomic E-state index is 0.0744. The largest absolute Gasteiger partial charge is 0.451 e. The van der Waals surface area contributed by atoms with E-state index in [1.807, 2.05) is 33.2 Å². The molecule has 1 amide bonds. The van der Waals surface area contributed by atoms with Gasteiger partial charge in [-0.2, -0.15) is 4.68 Å². The SMILES string of the molecule is COCC(C)Nc1cc(C[C@H](C)N(C)C)ccc1C(=O)Nc1nn(C(=O)OC)c2ccc(S(=O)(=O)c3cc(F)cc(F)c3)cc12. The fourth-order valence-corrected chi connectivity index (χ4v) is 6.02. The average molecular weight is 644 g/mol. The maximum atomic E-state index is 13.9. The van der Waals surface area contributed by atoms with Gasteiger partial charge in [0, 0.05) is 36.3 Å². The third-order valence-corrected chi connectivity index (χ3v) is 8.98. The third kappa shape index (κ3) is 7.47.